The smallest absolute Gasteiger partial charge is 0.224 e. The van der Waals surface area contributed by atoms with Crippen LogP contribution < -0.4 is 0 Å². The molecule has 0 bridgehead atoms. The molecule has 2 heterocycles. The van der Waals surface area contributed by atoms with Crippen LogP contribution in [0.2, 0.25) is 5.28 Å². The molecule has 0 aliphatic carbocycles. The van der Waals surface area contributed by atoms with E-state index in [0.29, 0.717) is 0 Å². The van der Waals surface area contributed by atoms with Crippen LogP contribution >= 0.6 is 11.6 Å². The van der Waals surface area contributed by atoms with Gasteiger partial charge >= 0.3 is 0 Å². The fourth-order valence-corrected chi connectivity index (χ4v) is 2.51. The van der Waals surface area contributed by atoms with Crippen LogP contribution in [0.15, 0.2) is 54.9 Å². The summed E-state index contributed by atoms with van der Waals surface area (Å²) < 4.78 is 1.94. The lowest BCUT2D eigenvalue weighted by atomic mass is 10.2. The number of imidazole rings is 1. The van der Waals surface area contributed by atoms with Crippen molar-refractivity contribution in [1.82, 2.24) is 19.5 Å². The van der Waals surface area contributed by atoms with Gasteiger partial charge in [0.05, 0.1) is 16.6 Å². The van der Waals surface area contributed by atoms with Crippen LogP contribution in [0.1, 0.15) is 0 Å². The van der Waals surface area contributed by atoms with E-state index in [0.717, 1.165) is 27.8 Å². The van der Waals surface area contributed by atoms with Crippen molar-refractivity contribution in [3.05, 3.63) is 60.1 Å². The monoisotopic (exact) mass is 280 g/mol. The number of rotatable bonds is 1. The van der Waals surface area contributed by atoms with Crippen molar-refractivity contribution in [3.63, 3.8) is 0 Å². The number of hydrogen-bond acceptors (Lipinski definition) is 3. The molecule has 0 spiro atoms. The van der Waals surface area contributed by atoms with Gasteiger partial charge in [-0.05, 0) is 35.9 Å². The first kappa shape index (κ1) is 11.4. The Bertz CT molecular complexity index is 929. The highest BCUT2D eigenvalue weighted by atomic mass is 35.5. The van der Waals surface area contributed by atoms with Crippen molar-refractivity contribution in [2.45, 2.75) is 0 Å². The molecule has 0 amide bonds. The lowest BCUT2D eigenvalue weighted by molar-refractivity contribution is 1.02. The standard InChI is InChI=1S/C15H9ClN4/c16-15-18-11-6-2-1-5-10(11)14(19-15)20-9-17-12-7-3-4-8-13(12)20/h1-9H. The van der Waals surface area contributed by atoms with Crippen LogP contribution in [0.25, 0.3) is 27.8 Å². The van der Waals surface area contributed by atoms with Gasteiger partial charge in [-0.3, -0.25) is 4.57 Å². The maximum absolute atomic E-state index is 6.04. The summed E-state index contributed by atoms with van der Waals surface area (Å²) in [4.78, 5) is 13.0. The predicted molar refractivity (Wildman–Crippen MR) is 79.2 cm³/mol. The number of benzene rings is 2. The van der Waals surface area contributed by atoms with Gasteiger partial charge in [-0.1, -0.05) is 24.3 Å². The minimum absolute atomic E-state index is 0.233. The van der Waals surface area contributed by atoms with Crippen molar-refractivity contribution in [2.75, 3.05) is 0 Å². The second kappa shape index (κ2) is 4.28. The summed E-state index contributed by atoms with van der Waals surface area (Å²) in [5.74, 6) is 0.745. The highest BCUT2D eigenvalue weighted by Crippen LogP contribution is 2.24. The molecule has 0 aliphatic rings. The largest absolute Gasteiger partial charge is 0.282 e. The molecule has 2 aromatic heterocycles. The minimum atomic E-state index is 0.233. The lowest BCUT2D eigenvalue weighted by Gasteiger charge is -2.07. The van der Waals surface area contributed by atoms with Crippen LogP contribution in [0.5, 0.6) is 0 Å². The summed E-state index contributed by atoms with van der Waals surface area (Å²) in [6.45, 7) is 0. The topological polar surface area (TPSA) is 43.6 Å². The zero-order valence-electron chi connectivity index (χ0n) is 10.4. The molecule has 0 unspecified atom stereocenters. The molecule has 0 N–H and O–H groups in total. The molecule has 0 atom stereocenters. The van der Waals surface area contributed by atoms with Crippen LogP contribution in [-0.2, 0) is 0 Å². The second-order valence-electron chi connectivity index (χ2n) is 4.44. The molecule has 20 heavy (non-hydrogen) atoms. The summed E-state index contributed by atoms with van der Waals surface area (Å²) >= 11 is 6.04. The zero-order chi connectivity index (χ0) is 13.5. The fourth-order valence-electron chi connectivity index (χ4n) is 2.34. The Morgan fingerprint density at radius 1 is 0.850 bits per heavy atom. The predicted octanol–water partition coefficient (Wildman–Crippen LogP) is 3.62. The summed E-state index contributed by atoms with van der Waals surface area (Å²) in [5, 5.41) is 1.18. The first-order chi connectivity index (χ1) is 9.83. The van der Waals surface area contributed by atoms with Gasteiger partial charge in [0, 0.05) is 5.39 Å². The molecule has 2 aromatic carbocycles. The summed E-state index contributed by atoms with van der Waals surface area (Å²) in [6.07, 6.45) is 1.76. The molecule has 4 rings (SSSR count). The van der Waals surface area contributed by atoms with Crippen LogP contribution in [-0.4, -0.2) is 19.5 Å². The first-order valence-electron chi connectivity index (χ1n) is 6.18. The van der Waals surface area contributed by atoms with E-state index in [1.54, 1.807) is 6.33 Å². The quantitative estimate of drug-likeness (QED) is 0.500. The number of para-hydroxylation sites is 3. The van der Waals surface area contributed by atoms with Gasteiger partial charge in [-0.25, -0.2) is 9.97 Å². The van der Waals surface area contributed by atoms with E-state index >= 15 is 0 Å². The average Bonchev–Trinajstić information content (AvgIpc) is 2.90. The zero-order valence-corrected chi connectivity index (χ0v) is 11.1. The molecule has 4 nitrogen and oxygen atoms in total. The molecule has 4 aromatic rings. The van der Waals surface area contributed by atoms with E-state index in [-0.39, 0.29) is 5.28 Å². The molecular weight excluding hydrogens is 272 g/mol. The molecule has 96 valence electrons. The second-order valence-corrected chi connectivity index (χ2v) is 4.77. The third-order valence-electron chi connectivity index (χ3n) is 3.24. The van der Waals surface area contributed by atoms with Crippen molar-refractivity contribution in [1.29, 1.82) is 0 Å². The van der Waals surface area contributed by atoms with Crippen LogP contribution in [0.3, 0.4) is 0 Å². The Hall–Kier alpha value is -2.46. The van der Waals surface area contributed by atoms with Crippen molar-refractivity contribution in [2.24, 2.45) is 0 Å². The molecule has 0 saturated carbocycles. The van der Waals surface area contributed by atoms with Crippen molar-refractivity contribution < 1.29 is 0 Å². The highest BCUT2D eigenvalue weighted by molar-refractivity contribution is 6.28. The van der Waals surface area contributed by atoms with Gasteiger partial charge in [-0.2, -0.15) is 4.98 Å². The third-order valence-corrected chi connectivity index (χ3v) is 3.41. The van der Waals surface area contributed by atoms with E-state index in [1.807, 2.05) is 53.1 Å². The van der Waals surface area contributed by atoms with Gasteiger partial charge in [0.15, 0.2) is 5.82 Å². The number of hydrogen-bond donors (Lipinski definition) is 0. The minimum Gasteiger partial charge on any atom is -0.282 e. The number of fused-ring (bicyclic) bond motifs is 2. The first-order valence-corrected chi connectivity index (χ1v) is 6.55. The Kier molecular flexibility index (Phi) is 2.44. The number of aromatic nitrogens is 4. The summed E-state index contributed by atoms with van der Waals surface area (Å²) in [7, 11) is 0. The average molecular weight is 281 g/mol. The van der Waals surface area contributed by atoms with E-state index in [2.05, 4.69) is 15.0 Å². The molecule has 0 saturated heterocycles. The van der Waals surface area contributed by atoms with Crippen LogP contribution in [0, 0.1) is 0 Å². The van der Waals surface area contributed by atoms with Crippen LogP contribution in [0.4, 0.5) is 0 Å². The number of halogens is 1. The lowest BCUT2D eigenvalue weighted by Crippen LogP contribution is -1.99. The van der Waals surface area contributed by atoms with E-state index in [9.17, 15) is 0 Å². The molecular formula is C15H9ClN4. The summed E-state index contributed by atoms with van der Waals surface area (Å²) in [6, 6.07) is 15.7. The van der Waals surface area contributed by atoms with Gasteiger partial charge in [0.2, 0.25) is 5.28 Å². The van der Waals surface area contributed by atoms with Gasteiger partial charge in [-0.15, -0.1) is 0 Å². The van der Waals surface area contributed by atoms with Gasteiger partial charge < -0.3 is 0 Å². The molecule has 0 radical (unpaired) electrons. The molecule has 0 fully saturated rings. The van der Waals surface area contributed by atoms with Gasteiger partial charge in [0.25, 0.3) is 0 Å². The highest BCUT2D eigenvalue weighted by Gasteiger charge is 2.11. The Morgan fingerprint density at radius 2 is 1.60 bits per heavy atom. The summed E-state index contributed by atoms with van der Waals surface area (Å²) in [5.41, 5.74) is 2.74. The maximum Gasteiger partial charge on any atom is 0.224 e. The Balaban J connectivity index is 2.12. The van der Waals surface area contributed by atoms with Crippen molar-refractivity contribution in [3.8, 4) is 5.82 Å². The molecule has 5 heteroatoms. The van der Waals surface area contributed by atoms with Crippen molar-refractivity contribution >= 4 is 33.5 Å². The maximum atomic E-state index is 6.04. The number of nitrogens with zero attached hydrogens (tertiary/aromatic N) is 4. The van der Waals surface area contributed by atoms with E-state index in [4.69, 9.17) is 11.6 Å². The third kappa shape index (κ3) is 1.66. The van der Waals surface area contributed by atoms with Gasteiger partial charge in [0.1, 0.15) is 6.33 Å². The van der Waals surface area contributed by atoms with E-state index in [1.165, 1.54) is 0 Å². The normalized spacial score (nSPS) is 11.2. The fraction of sp³-hybridized carbons (Fsp3) is 0. The Labute approximate surface area is 119 Å². The Morgan fingerprint density at radius 3 is 2.50 bits per heavy atom. The molecule has 0 aliphatic heterocycles. The van der Waals surface area contributed by atoms with E-state index < -0.39 is 0 Å². The SMILES string of the molecule is Clc1nc(-n2cnc3ccccc32)c2ccccc2n1.